The van der Waals surface area contributed by atoms with Crippen molar-refractivity contribution in [3.05, 3.63) is 28.9 Å². The van der Waals surface area contributed by atoms with Crippen molar-refractivity contribution in [1.29, 1.82) is 0 Å². The van der Waals surface area contributed by atoms with E-state index in [1.807, 2.05) is 12.1 Å². The Labute approximate surface area is 97.5 Å². The molecule has 3 rings (SSSR count). The van der Waals surface area contributed by atoms with Crippen LogP contribution in [0.4, 0.5) is 16.6 Å². The Kier molecular flexibility index (Phi) is 2.25. The van der Waals surface area contributed by atoms with Gasteiger partial charge in [0.15, 0.2) is 10.9 Å². The summed E-state index contributed by atoms with van der Waals surface area (Å²) in [7, 11) is 0. The van der Waals surface area contributed by atoms with E-state index in [0.29, 0.717) is 11.5 Å². The van der Waals surface area contributed by atoms with Crippen LogP contribution in [0.15, 0.2) is 18.3 Å². The molecule has 2 aromatic heterocycles. The van der Waals surface area contributed by atoms with Crippen molar-refractivity contribution >= 4 is 28.0 Å². The molecule has 0 amide bonds. The first-order valence-corrected chi connectivity index (χ1v) is 6.10. The molecule has 0 spiro atoms. The zero-order valence-corrected chi connectivity index (χ0v) is 9.55. The van der Waals surface area contributed by atoms with Gasteiger partial charge in [-0.25, -0.2) is 9.97 Å². The third kappa shape index (κ3) is 1.63. The molecule has 0 fully saturated rings. The summed E-state index contributed by atoms with van der Waals surface area (Å²) in [4.78, 5) is 10.1. The molecule has 2 aromatic rings. The summed E-state index contributed by atoms with van der Waals surface area (Å²) in [5, 5.41) is 4.07. The van der Waals surface area contributed by atoms with Gasteiger partial charge in [-0.1, -0.05) is 0 Å². The molecule has 0 bridgehead atoms. The van der Waals surface area contributed by atoms with E-state index >= 15 is 0 Å². The van der Waals surface area contributed by atoms with Gasteiger partial charge < -0.3 is 11.1 Å². The van der Waals surface area contributed by atoms with E-state index in [1.54, 1.807) is 17.5 Å². The molecule has 0 aromatic carbocycles. The normalized spacial score (nSPS) is 13.8. The number of aromatic nitrogens is 2. The van der Waals surface area contributed by atoms with Gasteiger partial charge in [-0.2, -0.15) is 0 Å². The number of rotatable bonds is 2. The van der Waals surface area contributed by atoms with E-state index in [9.17, 15) is 0 Å². The summed E-state index contributed by atoms with van der Waals surface area (Å²) in [6.45, 7) is 0. The highest BCUT2D eigenvalue weighted by molar-refractivity contribution is 7.15. The van der Waals surface area contributed by atoms with E-state index in [4.69, 9.17) is 5.73 Å². The SMILES string of the molecule is Nc1cccnc1Nc1nc2c(s1)CCC2. The maximum atomic E-state index is 5.81. The monoisotopic (exact) mass is 232 g/mol. The first-order valence-electron chi connectivity index (χ1n) is 5.29. The van der Waals surface area contributed by atoms with Crippen LogP contribution in [0.1, 0.15) is 17.0 Å². The fourth-order valence-electron chi connectivity index (χ4n) is 1.87. The lowest BCUT2D eigenvalue weighted by molar-refractivity contribution is 0.900. The first kappa shape index (κ1) is 9.59. The van der Waals surface area contributed by atoms with Gasteiger partial charge in [-0.15, -0.1) is 11.3 Å². The molecule has 3 N–H and O–H groups in total. The molecule has 0 saturated carbocycles. The minimum atomic E-state index is 0.651. The highest BCUT2D eigenvalue weighted by Gasteiger charge is 2.17. The van der Waals surface area contributed by atoms with E-state index in [1.165, 1.54) is 17.0 Å². The van der Waals surface area contributed by atoms with E-state index in [-0.39, 0.29) is 0 Å². The van der Waals surface area contributed by atoms with Crippen LogP contribution >= 0.6 is 11.3 Å². The average molecular weight is 232 g/mol. The number of hydrogen-bond donors (Lipinski definition) is 2. The molecule has 16 heavy (non-hydrogen) atoms. The fourth-order valence-corrected chi connectivity index (χ4v) is 2.92. The van der Waals surface area contributed by atoms with Crippen LogP contribution in [0.25, 0.3) is 0 Å². The van der Waals surface area contributed by atoms with Gasteiger partial charge in [0.05, 0.1) is 11.4 Å². The number of nitrogens with two attached hydrogens (primary N) is 1. The van der Waals surface area contributed by atoms with Crippen molar-refractivity contribution in [2.45, 2.75) is 19.3 Å². The molecule has 82 valence electrons. The zero-order valence-electron chi connectivity index (χ0n) is 8.73. The molecule has 1 aliphatic carbocycles. The lowest BCUT2D eigenvalue weighted by Crippen LogP contribution is -1.98. The number of fused-ring (bicyclic) bond motifs is 1. The topological polar surface area (TPSA) is 63.8 Å². The molecule has 0 aliphatic heterocycles. The Morgan fingerprint density at radius 3 is 3.12 bits per heavy atom. The second-order valence-corrected chi connectivity index (χ2v) is 4.89. The molecule has 0 saturated heterocycles. The van der Waals surface area contributed by atoms with Crippen molar-refractivity contribution in [3.8, 4) is 0 Å². The van der Waals surface area contributed by atoms with Crippen LogP contribution in [0, 0.1) is 0 Å². The highest BCUT2D eigenvalue weighted by Crippen LogP contribution is 2.32. The van der Waals surface area contributed by atoms with E-state index < -0.39 is 0 Å². The lowest BCUT2D eigenvalue weighted by Gasteiger charge is -2.03. The van der Waals surface area contributed by atoms with Gasteiger partial charge >= 0.3 is 0 Å². The van der Waals surface area contributed by atoms with Crippen LogP contribution in [0.3, 0.4) is 0 Å². The van der Waals surface area contributed by atoms with Crippen LogP contribution in [-0.4, -0.2) is 9.97 Å². The molecule has 0 unspecified atom stereocenters. The zero-order chi connectivity index (χ0) is 11.0. The molecular formula is C11H12N4S. The largest absolute Gasteiger partial charge is 0.396 e. The second kappa shape index (κ2) is 3.75. The quantitative estimate of drug-likeness (QED) is 0.834. The standard InChI is InChI=1S/C11H12N4S/c12-7-3-2-6-13-10(7)15-11-14-8-4-1-5-9(8)16-11/h2-3,6H,1,4-5,12H2,(H,13,14,15). The summed E-state index contributed by atoms with van der Waals surface area (Å²) in [5.74, 6) is 0.690. The number of thiazole rings is 1. The van der Waals surface area contributed by atoms with E-state index in [0.717, 1.165) is 18.0 Å². The smallest absolute Gasteiger partial charge is 0.188 e. The van der Waals surface area contributed by atoms with Gasteiger partial charge in [-0.3, -0.25) is 0 Å². The predicted octanol–water partition coefficient (Wildman–Crippen LogP) is 2.35. The lowest BCUT2D eigenvalue weighted by atomic mass is 10.4. The number of hydrogen-bond acceptors (Lipinski definition) is 5. The van der Waals surface area contributed by atoms with Crippen LogP contribution < -0.4 is 11.1 Å². The Morgan fingerprint density at radius 1 is 1.38 bits per heavy atom. The maximum absolute atomic E-state index is 5.81. The third-order valence-electron chi connectivity index (χ3n) is 2.66. The van der Waals surface area contributed by atoms with Crippen LogP contribution in [-0.2, 0) is 12.8 Å². The van der Waals surface area contributed by atoms with Crippen molar-refractivity contribution < 1.29 is 0 Å². The fraction of sp³-hybridized carbons (Fsp3) is 0.273. The van der Waals surface area contributed by atoms with Crippen molar-refractivity contribution in [2.75, 3.05) is 11.1 Å². The minimum Gasteiger partial charge on any atom is -0.396 e. The van der Waals surface area contributed by atoms with Gasteiger partial charge in [-0.05, 0) is 31.4 Å². The molecule has 0 radical (unpaired) electrons. The van der Waals surface area contributed by atoms with Crippen LogP contribution in [0.2, 0.25) is 0 Å². The first-order chi connectivity index (χ1) is 7.83. The van der Waals surface area contributed by atoms with Gasteiger partial charge in [0.25, 0.3) is 0 Å². The number of nitrogens with one attached hydrogen (secondary N) is 1. The molecular weight excluding hydrogens is 220 g/mol. The molecule has 1 aliphatic rings. The summed E-state index contributed by atoms with van der Waals surface area (Å²) in [6, 6.07) is 3.65. The minimum absolute atomic E-state index is 0.651. The van der Waals surface area contributed by atoms with Gasteiger partial charge in [0.2, 0.25) is 0 Å². The van der Waals surface area contributed by atoms with E-state index in [2.05, 4.69) is 15.3 Å². The number of pyridine rings is 1. The molecule has 0 atom stereocenters. The van der Waals surface area contributed by atoms with Gasteiger partial charge in [0, 0.05) is 11.1 Å². The maximum Gasteiger partial charge on any atom is 0.188 e. The Balaban J connectivity index is 1.87. The van der Waals surface area contributed by atoms with Crippen molar-refractivity contribution in [1.82, 2.24) is 9.97 Å². The summed E-state index contributed by atoms with van der Waals surface area (Å²) >= 11 is 1.71. The number of aryl methyl sites for hydroxylation is 2. The van der Waals surface area contributed by atoms with Crippen molar-refractivity contribution in [2.24, 2.45) is 0 Å². The summed E-state index contributed by atoms with van der Waals surface area (Å²) < 4.78 is 0. The van der Waals surface area contributed by atoms with Gasteiger partial charge in [0.1, 0.15) is 0 Å². The second-order valence-electron chi connectivity index (χ2n) is 3.81. The molecule has 2 heterocycles. The third-order valence-corrected chi connectivity index (χ3v) is 3.73. The number of anilines is 3. The van der Waals surface area contributed by atoms with Crippen molar-refractivity contribution in [3.63, 3.8) is 0 Å². The highest BCUT2D eigenvalue weighted by atomic mass is 32.1. The Morgan fingerprint density at radius 2 is 2.31 bits per heavy atom. The number of nitrogens with zero attached hydrogens (tertiary/aromatic N) is 2. The molecule has 5 heteroatoms. The predicted molar refractivity (Wildman–Crippen MR) is 66.1 cm³/mol. The summed E-state index contributed by atoms with van der Waals surface area (Å²) in [6.07, 6.45) is 5.22. The Bertz CT molecular complexity index is 499. The number of nitrogen functional groups attached to an aromatic ring is 1. The molecule has 4 nitrogen and oxygen atoms in total. The van der Waals surface area contributed by atoms with Crippen LogP contribution in [0.5, 0.6) is 0 Å². The summed E-state index contributed by atoms with van der Waals surface area (Å²) in [5.41, 5.74) is 7.70. The average Bonchev–Trinajstić information content (AvgIpc) is 2.81. The Hall–Kier alpha value is -1.62.